The van der Waals surface area contributed by atoms with Gasteiger partial charge in [0.15, 0.2) is 0 Å². The highest BCUT2D eigenvalue weighted by atomic mass is 35.5. The van der Waals surface area contributed by atoms with Gasteiger partial charge in [-0.3, -0.25) is 0 Å². The van der Waals surface area contributed by atoms with Crippen LogP contribution in [0.4, 0.5) is 0 Å². The summed E-state index contributed by atoms with van der Waals surface area (Å²) < 4.78 is 0. The summed E-state index contributed by atoms with van der Waals surface area (Å²) in [4.78, 5) is 0. The summed E-state index contributed by atoms with van der Waals surface area (Å²) in [5.41, 5.74) is 4.92. The van der Waals surface area contributed by atoms with Crippen molar-refractivity contribution in [3.05, 3.63) is 34.9 Å². The van der Waals surface area contributed by atoms with Crippen LogP contribution in [0.5, 0.6) is 0 Å². The van der Waals surface area contributed by atoms with Gasteiger partial charge in [-0.05, 0) is 12.1 Å². The first-order chi connectivity index (χ1) is 4.33. The van der Waals surface area contributed by atoms with E-state index in [2.05, 4.69) is 5.73 Å². The van der Waals surface area contributed by atoms with Gasteiger partial charge in [0.05, 0.1) is 6.54 Å². The van der Waals surface area contributed by atoms with Gasteiger partial charge >= 0.3 is 0 Å². The maximum Gasteiger partial charge on any atom is 0.0997 e. The molecule has 0 aliphatic rings. The molecular formula is C7H9Cl2N. The van der Waals surface area contributed by atoms with Crippen molar-refractivity contribution in [2.45, 2.75) is 6.54 Å². The first-order valence-electron chi connectivity index (χ1n) is 2.86. The summed E-state index contributed by atoms with van der Waals surface area (Å²) in [7, 11) is 0. The SMILES string of the molecule is [Cl-].[NH3+]Cc1cccc(Cl)c1. The average Bonchev–Trinajstić information content (AvgIpc) is 1.88. The second kappa shape index (κ2) is 4.56. The van der Waals surface area contributed by atoms with E-state index in [1.165, 1.54) is 5.56 Å². The highest BCUT2D eigenvalue weighted by Crippen LogP contribution is 2.08. The summed E-state index contributed by atoms with van der Waals surface area (Å²) in [6.45, 7) is 0.806. The van der Waals surface area contributed by atoms with Gasteiger partial charge in [-0.15, -0.1) is 0 Å². The zero-order valence-electron chi connectivity index (χ0n) is 5.48. The standard InChI is InChI=1S/C7H8ClN.ClH/c8-7-3-1-2-6(4-7)5-9;/h1-4H,5,9H2;1H. The molecule has 0 aliphatic heterocycles. The molecule has 1 aromatic carbocycles. The molecule has 0 aromatic heterocycles. The fourth-order valence-corrected chi connectivity index (χ4v) is 0.905. The number of rotatable bonds is 1. The maximum absolute atomic E-state index is 5.70. The van der Waals surface area contributed by atoms with Crippen molar-refractivity contribution in [2.24, 2.45) is 0 Å². The molecule has 3 heteroatoms. The third-order valence-corrected chi connectivity index (χ3v) is 1.41. The molecule has 0 unspecified atom stereocenters. The van der Waals surface area contributed by atoms with Crippen LogP contribution >= 0.6 is 11.6 Å². The van der Waals surface area contributed by atoms with Gasteiger partial charge in [-0.1, -0.05) is 23.7 Å². The lowest BCUT2D eigenvalue weighted by Gasteiger charge is -1.91. The van der Waals surface area contributed by atoms with Crippen LogP contribution in [0.2, 0.25) is 5.02 Å². The Balaban J connectivity index is 0.000000810. The largest absolute Gasteiger partial charge is 1.00 e. The van der Waals surface area contributed by atoms with Gasteiger partial charge in [0.1, 0.15) is 0 Å². The molecular weight excluding hydrogens is 169 g/mol. The molecule has 0 heterocycles. The van der Waals surface area contributed by atoms with Crippen molar-refractivity contribution < 1.29 is 18.1 Å². The second-order valence-corrected chi connectivity index (χ2v) is 2.32. The predicted molar refractivity (Wildman–Crippen MR) is 38.0 cm³/mol. The minimum absolute atomic E-state index is 0. The van der Waals surface area contributed by atoms with Crippen molar-refractivity contribution >= 4 is 11.6 Å². The fourth-order valence-electron chi connectivity index (χ4n) is 0.692. The van der Waals surface area contributed by atoms with Crippen LogP contribution in [0.3, 0.4) is 0 Å². The lowest BCUT2D eigenvalue weighted by atomic mass is 10.2. The molecule has 1 nitrogen and oxygen atoms in total. The Morgan fingerprint density at radius 2 is 2.10 bits per heavy atom. The average molecular weight is 178 g/mol. The molecule has 1 aromatic rings. The molecule has 0 fully saturated rings. The molecule has 0 saturated carbocycles. The number of benzene rings is 1. The normalized spacial score (nSPS) is 8.60. The maximum atomic E-state index is 5.70. The first-order valence-corrected chi connectivity index (χ1v) is 3.24. The van der Waals surface area contributed by atoms with E-state index in [1.807, 2.05) is 24.3 Å². The summed E-state index contributed by atoms with van der Waals surface area (Å²) in [5.74, 6) is 0. The van der Waals surface area contributed by atoms with Crippen molar-refractivity contribution in [1.82, 2.24) is 0 Å². The Labute approximate surface area is 71.6 Å². The predicted octanol–water partition coefficient (Wildman–Crippen LogP) is -1.91. The van der Waals surface area contributed by atoms with Crippen molar-refractivity contribution in [3.63, 3.8) is 0 Å². The lowest BCUT2D eigenvalue weighted by Crippen LogP contribution is -3.00. The van der Waals surface area contributed by atoms with E-state index in [4.69, 9.17) is 11.6 Å². The summed E-state index contributed by atoms with van der Waals surface area (Å²) in [5, 5.41) is 0.788. The monoisotopic (exact) mass is 177 g/mol. The number of hydrogen-bond donors (Lipinski definition) is 1. The fraction of sp³-hybridized carbons (Fsp3) is 0.143. The summed E-state index contributed by atoms with van der Waals surface area (Å²) >= 11 is 5.70. The Bertz CT molecular complexity index is 201. The van der Waals surface area contributed by atoms with Crippen molar-refractivity contribution in [1.29, 1.82) is 0 Å². The van der Waals surface area contributed by atoms with Gasteiger partial charge in [0.25, 0.3) is 0 Å². The van der Waals surface area contributed by atoms with Crippen LogP contribution in [0.1, 0.15) is 5.56 Å². The Hall–Kier alpha value is -0.240. The molecule has 0 bridgehead atoms. The second-order valence-electron chi connectivity index (χ2n) is 1.88. The van der Waals surface area contributed by atoms with Crippen LogP contribution in [0.25, 0.3) is 0 Å². The molecule has 0 spiro atoms. The van der Waals surface area contributed by atoms with Crippen LogP contribution in [-0.4, -0.2) is 0 Å². The van der Waals surface area contributed by atoms with E-state index >= 15 is 0 Å². The summed E-state index contributed by atoms with van der Waals surface area (Å²) in [6.07, 6.45) is 0. The van der Waals surface area contributed by atoms with Crippen LogP contribution in [0, 0.1) is 0 Å². The van der Waals surface area contributed by atoms with E-state index in [1.54, 1.807) is 0 Å². The molecule has 0 aliphatic carbocycles. The molecule has 56 valence electrons. The van der Waals surface area contributed by atoms with Crippen LogP contribution in [-0.2, 0) is 6.54 Å². The van der Waals surface area contributed by atoms with Crippen LogP contribution < -0.4 is 18.1 Å². The lowest BCUT2D eigenvalue weighted by molar-refractivity contribution is -0.386. The molecule has 1 rings (SSSR count). The highest BCUT2D eigenvalue weighted by Gasteiger charge is 1.89. The molecule has 3 N–H and O–H groups in total. The Morgan fingerprint density at radius 3 is 2.50 bits per heavy atom. The zero-order valence-corrected chi connectivity index (χ0v) is 6.99. The molecule has 10 heavy (non-hydrogen) atoms. The van der Waals surface area contributed by atoms with Crippen molar-refractivity contribution in [3.8, 4) is 0 Å². The topological polar surface area (TPSA) is 27.6 Å². The van der Waals surface area contributed by atoms with E-state index in [-0.39, 0.29) is 12.4 Å². The number of quaternary nitrogens is 1. The van der Waals surface area contributed by atoms with Gasteiger partial charge in [-0.2, -0.15) is 0 Å². The van der Waals surface area contributed by atoms with E-state index in [9.17, 15) is 0 Å². The number of hydrogen-bond acceptors (Lipinski definition) is 0. The van der Waals surface area contributed by atoms with Gasteiger partial charge in [0.2, 0.25) is 0 Å². The molecule has 0 radical (unpaired) electrons. The number of halogens is 2. The van der Waals surface area contributed by atoms with Gasteiger partial charge in [-0.25, -0.2) is 0 Å². The van der Waals surface area contributed by atoms with E-state index in [0.29, 0.717) is 0 Å². The third-order valence-electron chi connectivity index (χ3n) is 1.18. The summed E-state index contributed by atoms with van der Waals surface area (Å²) in [6, 6.07) is 7.73. The zero-order chi connectivity index (χ0) is 6.69. The molecule has 0 saturated heterocycles. The third kappa shape index (κ3) is 2.56. The van der Waals surface area contributed by atoms with Crippen molar-refractivity contribution in [2.75, 3.05) is 0 Å². The molecule has 0 atom stereocenters. The van der Waals surface area contributed by atoms with Crippen LogP contribution in [0.15, 0.2) is 24.3 Å². The smallest absolute Gasteiger partial charge is 0.0997 e. The Kier molecular flexibility index (Phi) is 4.45. The quantitative estimate of drug-likeness (QED) is 0.519. The van der Waals surface area contributed by atoms with E-state index < -0.39 is 0 Å². The minimum Gasteiger partial charge on any atom is -1.00 e. The highest BCUT2D eigenvalue weighted by molar-refractivity contribution is 6.30. The molecule has 0 amide bonds. The first kappa shape index (κ1) is 9.76. The van der Waals surface area contributed by atoms with Gasteiger partial charge in [0, 0.05) is 10.6 Å². The minimum atomic E-state index is 0. The van der Waals surface area contributed by atoms with E-state index in [0.717, 1.165) is 11.6 Å². The Morgan fingerprint density at radius 1 is 1.40 bits per heavy atom. The van der Waals surface area contributed by atoms with Gasteiger partial charge < -0.3 is 18.1 Å².